The molecule has 0 saturated heterocycles. The van der Waals surface area contributed by atoms with E-state index < -0.39 is 0 Å². The van der Waals surface area contributed by atoms with Gasteiger partial charge in [0.25, 0.3) is 5.91 Å². The predicted molar refractivity (Wildman–Crippen MR) is 108 cm³/mol. The van der Waals surface area contributed by atoms with Crippen LogP contribution in [0.4, 0.5) is 5.69 Å². The number of benzene rings is 2. The Morgan fingerprint density at radius 1 is 1.04 bits per heavy atom. The first-order valence-electron chi connectivity index (χ1n) is 8.49. The molecule has 0 aromatic heterocycles. The third kappa shape index (κ3) is 5.92. The number of amides is 2. The Morgan fingerprint density at radius 2 is 1.74 bits per heavy atom. The number of ether oxygens (including phenoxy) is 2. The minimum absolute atomic E-state index is 0.0453. The van der Waals surface area contributed by atoms with Gasteiger partial charge in [-0.05, 0) is 38.1 Å². The molecule has 0 aliphatic carbocycles. The van der Waals surface area contributed by atoms with Gasteiger partial charge in [-0.2, -0.15) is 0 Å². The van der Waals surface area contributed by atoms with Crippen molar-refractivity contribution in [2.24, 2.45) is 0 Å². The van der Waals surface area contributed by atoms with Crippen LogP contribution in [0, 0.1) is 0 Å². The van der Waals surface area contributed by atoms with Gasteiger partial charge in [0.05, 0.1) is 25.5 Å². The standard InChI is InChI=1S/C20H24N2O4S/c1-13(2)21-20(24)15-7-5-6-8-18(15)27-12-19(23)22-14-9-10-16(25-3)17(11-14)26-4/h5-11,13H,12H2,1-4H3,(H,21,24)(H,22,23). The van der Waals surface area contributed by atoms with Crippen molar-refractivity contribution < 1.29 is 19.1 Å². The molecule has 0 unspecified atom stereocenters. The first-order chi connectivity index (χ1) is 12.9. The van der Waals surface area contributed by atoms with Gasteiger partial charge in [0.1, 0.15) is 0 Å². The lowest BCUT2D eigenvalue weighted by molar-refractivity contribution is -0.113. The van der Waals surface area contributed by atoms with Crippen LogP contribution in [0.15, 0.2) is 47.4 Å². The smallest absolute Gasteiger partial charge is 0.252 e. The van der Waals surface area contributed by atoms with Crippen molar-refractivity contribution in [3.63, 3.8) is 0 Å². The Balaban J connectivity index is 2.01. The summed E-state index contributed by atoms with van der Waals surface area (Å²) < 4.78 is 10.4. The number of rotatable bonds is 8. The molecule has 2 N–H and O–H groups in total. The lowest BCUT2D eigenvalue weighted by Gasteiger charge is -2.12. The van der Waals surface area contributed by atoms with Crippen LogP contribution in [0.5, 0.6) is 11.5 Å². The minimum atomic E-state index is -0.175. The summed E-state index contributed by atoms with van der Waals surface area (Å²) >= 11 is 1.32. The van der Waals surface area contributed by atoms with Crippen LogP contribution >= 0.6 is 11.8 Å². The molecular weight excluding hydrogens is 364 g/mol. The van der Waals surface area contributed by atoms with E-state index in [1.807, 2.05) is 32.0 Å². The molecule has 0 saturated carbocycles. The molecule has 0 spiro atoms. The fraction of sp³-hybridized carbons (Fsp3) is 0.300. The number of nitrogens with one attached hydrogen (secondary N) is 2. The van der Waals surface area contributed by atoms with Crippen LogP contribution in [-0.4, -0.2) is 37.8 Å². The Kier molecular flexibility index (Phi) is 7.55. The molecule has 2 rings (SSSR count). The molecule has 2 amide bonds. The molecule has 0 fully saturated rings. The van der Waals surface area contributed by atoms with Gasteiger partial charge >= 0.3 is 0 Å². The van der Waals surface area contributed by atoms with E-state index in [9.17, 15) is 9.59 Å². The molecule has 0 aliphatic rings. The number of thioether (sulfide) groups is 1. The second-order valence-electron chi connectivity index (χ2n) is 6.03. The van der Waals surface area contributed by atoms with Crippen molar-refractivity contribution in [1.82, 2.24) is 5.32 Å². The average molecular weight is 388 g/mol. The van der Waals surface area contributed by atoms with Crippen molar-refractivity contribution in [2.45, 2.75) is 24.8 Å². The van der Waals surface area contributed by atoms with Crippen molar-refractivity contribution in [2.75, 3.05) is 25.3 Å². The van der Waals surface area contributed by atoms with Gasteiger partial charge in [-0.25, -0.2) is 0 Å². The van der Waals surface area contributed by atoms with E-state index in [0.717, 1.165) is 4.90 Å². The summed E-state index contributed by atoms with van der Waals surface area (Å²) in [4.78, 5) is 25.3. The average Bonchev–Trinajstić information content (AvgIpc) is 2.66. The van der Waals surface area contributed by atoms with Crippen molar-refractivity contribution in [1.29, 1.82) is 0 Å². The number of methoxy groups -OCH3 is 2. The quantitative estimate of drug-likeness (QED) is 0.676. The van der Waals surface area contributed by atoms with E-state index in [-0.39, 0.29) is 23.6 Å². The number of carbonyl (C=O) groups is 2. The predicted octanol–water partition coefficient (Wildman–Crippen LogP) is 3.57. The topological polar surface area (TPSA) is 76.7 Å². The zero-order valence-corrected chi connectivity index (χ0v) is 16.7. The highest BCUT2D eigenvalue weighted by atomic mass is 32.2. The minimum Gasteiger partial charge on any atom is -0.493 e. The van der Waals surface area contributed by atoms with Gasteiger partial charge in [-0.15, -0.1) is 11.8 Å². The van der Waals surface area contributed by atoms with Gasteiger partial charge in [0.15, 0.2) is 11.5 Å². The largest absolute Gasteiger partial charge is 0.493 e. The summed E-state index contributed by atoms with van der Waals surface area (Å²) in [5, 5.41) is 5.70. The SMILES string of the molecule is COc1ccc(NC(=O)CSc2ccccc2C(=O)NC(C)C)cc1OC. The number of carbonyl (C=O) groups excluding carboxylic acids is 2. The zero-order valence-electron chi connectivity index (χ0n) is 15.9. The molecule has 27 heavy (non-hydrogen) atoms. The van der Waals surface area contributed by atoms with Gasteiger partial charge in [0.2, 0.25) is 5.91 Å². The molecule has 0 aliphatic heterocycles. The van der Waals surface area contributed by atoms with Crippen LogP contribution in [0.3, 0.4) is 0 Å². The molecule has 0 heterocycles. The highest BCUT2D eigenvalue weighted by Gasteiger charge is 2.14. The second kappa shape index (κ2) is 9.87. The fourth-order valence-electron chi connectivity index (χ4n) is 2.37. The summed E-state index contributed by atoms with van der Waals surface area (Å²) in [6, 6.07) is 12.5. The van der Waals surface area contributed by atoms with Crippen LogP contribution in [0.2, 0.25) is 0 Å². The second-order valence-corrected chi connectivity index (χ2v) is 7.05. The van der Waals surface area contributed by atoms with Gasteiger partial charge in [-0.1, -0.05) is 12.1 Å². The third-order valence-corrected chi connectivity index (χ3v) is 4.65. The van der Waals surface area contributed by atoms with Crippen LogP contribution in [0.25, 0.3) is 0 Å². The summed E-state index contributed by atoms with van der Waals surface area (Å²) in [5.74, 6) is 0.994. The summed E-state index contributed by atoms with van der Waals surface area (Å²) in [6.45, 7) is 3.81. The maximum absolute atomic E-state index is 12.3. The highest BCUT2D eigenvalue weighted by molar-refractivity contribution is 8.00. The molecule has 7 heteroatoms. The van der Waals surface area contributed by atoms with Crippen LogP contribution in [0.1, 0.15) is 24.2 Å². The van der Waals surface area contributed by atoms with E-state index in [1.165, 1.54) is 11.8 Å². The summed E-state index contributed by atoms with van der Waals surface area (Å²) in [6.07, 6.45) is 0. The van der Waals surface area contributed by atoms with Gasteiger partial charge < -0.3 is 20.1 Å². The van der Waals surface area contributed by atoms with E-state index in [0.29, 0.717) is 22.7 Å². The monoisotopic (exact) mass is 388 g/mol. The van der Waals surface area contributed by atoms with Crippen molar-refractivity contribution in [3.05, 3.63) is 48.0 Å². The first kappa shape index (κ1) is 20.6. The molecule has 2 aromatic carbocycles. The first-order valence-corrected chi connectivity index (χ1v) is 9.47. The lowest BCUT2D eigenvalue weighted by Crippen LogP contribution is -2.30. The number of hydrogen-bond acceptors (Lipinski definition) is 5. The fourth-order valence-corrected chi connectivity index (χ4v) is 3.22. The molecule has 0 radical (unpaired) electrons. The Bertz CT molecular complexity index is 808. The molecular formula is C20H24N2O4S. The van der Waals surface area contributed by atoms with E-state index in [4.69, 9.17) is 9.47 Å². The lowest BCUT2D eigenvalue weighted by atomic mass is 10.2. The van der Waals surface area contributed by atoms with Crippen LogP contribution < -0.4 is 20.1 Å². The zero-order chi connectivity index (χ0) is 19.8. The number of anilines is 1. The summed E-state index contributed by atoms with van der Waals surface area (Å²) in [7, 11) is 3.10. The van der Waals surface area contributed by atoms with Gasteiger partial charge in [0, 0.05) is 22.7 Å². The third-order valence-electron chi connectivity index (χ3n) is 3.58. The molecule has 6 nitrogen and oxygen atoms in total. The number of hydrogen-bond donors (Lipinski definition) is 2. The highest BCUT2D eigenvalue weighted by Crippen LogP contribution is 2.30. The maximum Gasteiger partial charge on any atom is 0.252 e. The molecule has 2 aromatic rings. The molecule has 0 bridgehead atoms. The molecule has 0 atom stereocenters. The van der Waals surface area contributed by atoms with E-state index >= 15 is 0 Å². The molecule has 144 valence electrons. The van der Waals surface area contributed by atoms with Gasteiger partial charge in [-0.3, -0.25) is 9.59 Å². The van der Waals surface area contributed by atoms with Crippen molar-refractivity contribution in [3.8, 4) is 11.5 Å². The van der Waals surface area contributed by atoms with Crippen LogP contribution in [-0.2, 0) is 4.79 Å². The normalized spacial score (nSPS) is 10.4. The summed E-state index contributed by atoms with van der Waals surface area (Å²) in [5.41, 5.74) is 1.18. The Labute approximate surface area is 163 Å². The maximum atomic E-state index is 12.3. The van der Waals surface area contributed by atoms with E-state index in [1.54, 1.807) is 38.5 Å². The Hall–Kier alpha value is -2.67. The van der Waals surface area contributed by atoms with E-state index in [2.05, 4.69) is 10.6 Å². The Morgan fingerprint density at radius 3 is 2.41 bits per heavy atom. The van der Waals surface area contributed by atoms with Crippen molar-refractivity contribution >= 4 is 29.3 Å².